The summed E-state index contributed by atoms with van der Waals surface area (Å²) in [6, 6.07) is 9.55. The number of carbonyl (C=O) groups is 2. The van der Waals surface area contributed by atoms with Crippen LogP contribution in [0.15, 0.2) is 42.5 Å². The van der Waals surface area contributed by atoms with Gasteiger partial charge in [0.2, 0.25) is 0 Å². The third-order valence-electron chi connectivity index (χ3n) is 4.93. The van der Waals surface area contributed by atoms with Crippen molar-refractivity contribution in [2.75, 3.05) is 25.5 Å². The average molecular weight is 400 g/mol. The molecular weight excluding hydrogens is 379 g/mol. The number of rotatable bonds is 5. The number of benzene rings is 2. The quantitative estimate of drug-likeness (QED) is 0.593. The molecule has 0 bridgehead atoms. The number of nitrogens with zero attached hydrogens (tertiary/aromatic N) is 2. The van der Waals surface area contributed by atoms with Gasteiger partial charge >= 0.3 is 0 Å². The highest BCUT2D eigenvalue weighted by Gasteiger charge is 2.26. The van der Waals surface area contributed by atoms with E-state index in [4.69, 9.17) is 0 Å². The van der Waals surface area contributed by atoms with Crippen molar-refractivity contribution in [3.8, 4) is 0 Å². The summed E-state index contributed by atoms with van der Waals surface area (Å²) >= 11 is 0. The molecule has 1 aliphatic rings. The van der Waals surface area contributed by atoms with E-state index in [1.54, 1.807) is 18.0 Å². The summed E-state index contributed by atoms with van der Waals surface area (Å²) in [4.78, 5) is 37.2. The molecule has 29 heavy (non-hydrogen) atoms. The lowest BCUT2D eigenvalue weighted by Crippen LogP contribution is -2.46. The fourth-order valence-corrected chi connectivity index (χ4v) is 3.31. The molecule has 0 atom stereocenters. The minimum Gasteiger partial charge on any atom is -0.383 e. The summed E-state index contributed by atoms with van der Waals surface area (Å²) < 4.78 is 13.0. The maximum Gasteiger partial charge on any atom is 0.293 e. The number of amides is 2. The van der Waals surface area contributed by atoms with Gasteiger partial charge in [-0.3, -0.25) is 19.7 Å². The van der Waals surface area contributed by atoms with Crippen molar-refractivity contribution in [1.29, 1.82) is 0 Å². The molecule has 0 aliphatic carbocycles. The van der Waals surface area contributed by atoms with Crippen LogP contribution >= 0.6 is 0 Å². The molecule has 8 nitrogen and oxygen atoms in total. The van der Waals surface area contributed by atoms with Crippen LogP contribution in [0.3, 0.4) is 0 Å². The first-order valence-corrected chi connectivity index (χ1v) is 9.21. The van der Waals surface area contributed by atoms with Gasteiger partial charge in [0.05, 0.1) is 4.92 Å². The van der Waals surface area contributed by atoms with E-state index in [1.807, 2.05) is 0 Å². The topological polar surface area (TPSA) is 105 Å². The van der Waals surface area contributed by atoms with Gasteiger partial charge in [0.1, 0.15) is 11.5 Å². The van der Waals surface area contributed by atoms with Crippen LogP contribution in [0, 0.1) is 15.9 Å². The van der Waals surface area contributed by atoms with Crippen LogP contribution in [0.25, 0.3) is 0 Å². The summed E-state index contributed by atoms with van der Waals surface area (Å²) in [6.45, 7) is 0.851. The smallest absolute Gasteiger partial charge is 0.293 e. The van der Waals surface area contributed by atoms with Gasteiger partial charge in [0.15, 0.2) is 0 Å². The average Bonchev–Trinajstić information content (AvgIpc) is 2.73. The second kappa shape index (κ2) is 8.68. The molecule has 1 aliphatic heterocycles. The summed E-state index contributed by atoms with van der Waals surface area (Å²) in [5, 5.41) is 16.8. The van der Waals surface area contributed by atoms with Crippen molar-refractivity contribution in [3.05, 3.63) is 69.5 Å². The normalized spacial score (nSPS) is 14.3. The first kappa shape index (κ1) is 20.2. The number of hydrogen-bond donors (Lipinski definition) is 2. The van der Waals surface area contributed by atoms with Crippen molar-refractivity contribution in [2.45, 2.75) is 18.9 Å². The number of carbonyl (C=O) groups excluding carboxylic acids is 2. The fraction of sp³-hybridized carbons (Fsp3) is 0.300. The maximum absolute atomic E-state index is 13.0. The summed E-state index contributed by atoms with van der Waals surface area (Å²) in [7, 11) is 1.58. The van der Waals surface area contributed by atoms with Crippen molar-refractivity contribution in [2.24, 2.45) is 0 Å². The fourth-order valence-electron chi connectivity index (χ4n) is 3.31. The Morgan fingerprint density at radius 1 is 1.10 bits per heavy atom. The molecule has 1 heterocycles. The summed E-state index contributed by atoms with van der Waals surface area (Å²) in [5.41, 5.74) is 0.819. The highest BCUT2D eigenvalue weighted by Crippen LogP contribution is 2.26. The Hall–Kier alpha value is -3.49. The lowest BCUT2D eigenvalue weighted by Gasteiger charge is -2.32. The Morgan fingerprint density at radius 2 is 1.72 bits per heavy atom. The highest BCUT2D eigenvalue weighted by molar-refractivity contribution is 5.96. The molecule has 2 aromatic rings. The van der Waals surface area contributed by atoms with Gasteiger partial charge in [0, 0.05) is 43.4 Å². The Kier molecular flexibility index (Phi) is 6.06. The van der Waals surface area contributed by atoms with Gasteiger partial charge < -0.3 is 15.5 Å². The molecule has 0 radical (unpaired) electrons. The van der Waals surface area contributed by atoms with E-state index in [-0.39, 0.29) is 29.1 Å². The molecule has 0 saturated carbocycles. The Morgan fingerprint density at radius 3 is 2.31 bits per heavy atom. The van der Waals surface area contributed by atoms with Crippen LogP contribution in [0.2, 0.25) is 0 Å². The minimum absolute atomic E-state index is 0.0994. The van der Waals surface area contributed by atoms with Gasteiger partial charge in [-0.1, -0.05) is 0 Å². The van der Waals surface area contributed by atoms with Crippen molar-refractivity contribution in [3.63, 3.8) is 0 Å². The van der Waals surface area contributed by atoms with E-state index in [9.17, 15) is 24.1 Å². The molecule has 0 spiro atoms. The molecule has 1 fully saturated rings. The molecule has 2 aromatic carbocycles. The van der Waals surface area contributed by atoms with E-state index in [0.717, 1.165) is 0 Å². The van der Waals surface area contributed by atoms with Gasteiger partial charge in [-0.05, 0) is 49.2 Å². The molecule has 2 amide bonds. The number of nitrogens with one attached hydrogen (secondary N) is 2. The molecular formula is C20H21FN4O4. The number of anilines is 1. The largest absolute Gasteiger partial charge is 0.383 e. The predicted molar refractivity (Wildman–Crippen MR) is 105 cm³/mol. The molecule has 3 rings (SSSR count). The van der Waals surface area contributed by atoms with Crippen molar-refractivity contribution >= 4 is 23.2 Å². The van der Waals surface area contributed by atoms with Gasteiger partial charge in [-0.15, -0.1) is 0 Å². The standard InChI is InChI=1S/C20H21FN4O4/c1-22-17-7-4-14(12-18(17)25(28)29)20(27)24-10-8-16(9-11-24)23-19(26)13-2-5-15(21)6-3-13/h2-7,12,16,22H,8-11H2,1H3,(H,23,26). The molecule has 1 saturated heterocycles. The number of halogens is 1. The summed E-state index contributed by atoms with van der Waals surface area (Å²) in [5.74, 6) is -0.969. The SMILES string of the molecule is CNc1ccc(C(=O)N2CCC(NC(=O)c3ccc(F)cc3)CC2)cc1[N+](=O)[O-]. The minimum atomic E-state index is -0.528. The molecule has 2 N–H and O–H groups in total. The molecule has 9 heteroatoms. The van der Waals surface area contributed by atoms with Gasteiger partial charge in [-0.2, -0.15) is 0 Å². The number of piperidine rings is 1. The highest BCUT2D eigenvalue weighted by atomic mass is 19.1. The predicted octanol–water partition coefficient (Wildman–Crippen LogP) is 2.81. The number of nitro groups is 1. The van der Waals surface area contributed by atoms with Gasteiger partial charge in [-0.25, -0.2) is 4.39 Å². The van der Waals surface area contributed by atoms with Crippen LogP contribution in [-0.4, -0.2) is 47.8 Å². The molecule has 0 aromatic heterocycles. The first-order chi connectivity index (χ1) is 13.9. The Bertz CT molecular complexity index is 925. The molecule has 152 valence electrons. The van der Waals surface area contributed by atoms with Crippen LogP contribution in [0.1, 0.15) is 33.6 Å². The monoisotopic (exact) mass is 400 g/mol. The Labute approximate surface area is 166 Å². The number of hydrogen-bond acceptors (Lipinski definition) is 5. The van der Waals surface area contributed by atoms with Crippen LogP contribution < -0.4 is 10.6 Å². The van der Waals surface area contributed by atoms with Gasteiger partial charge in [0.25, 0.3) is 17.5 Å². The zero-order valence-electron chi connectivity index (χ0n) is 15.9. The van der Waals surface area contributed by atoms with E-state index in [1.165, 1.54) is 36.4 Å². The van der Waals surface area contributed by atoms with E-state index in [2.05, 4.69) is 10.6 Å². The number of likely N-dealkylation sites (tertiary alicyclic amines) is 1. The lowest BCUT2D eigenvalue weighted by atomic mass is 10.0. The van der Waals surface area contributed by atoms with Crippen molar-refractivity contribution < 1.29 is 18.9 Å². The van der Waals surface area contributed by atoms with Crippen LogP contribution in [0.5, 0.6) is 0 Å². The molecule has 0 unspecified atom stereocenters. The zero-order chi connectivity index (χ0) is 21.0. The summed E-state index contributed by atoms with van der Waals surface area (Å²) in [6.07, 6.45) is 1.13. The Balaban J connectivity index is 1.59. The van der Waals surface area contributed by atoms with E-state index < -0.39 is 10.7 Å². The third kappa shape index (κ3) is 4.68. The van der Waals surface area contributed by atoms with Crippen LogP contribution in [-0.2, 0) is 0 Å². The van der Waals surface area contributed by atoms with Crippen molar-refractivity contribution in [1.82, 2.24) is 10.2 Å². The second-order valence-corrected chi connectivity index (χ2v) is 6.79. The third-order valence-corrected chi connectivity index (χ3v) is 4.93. The maximum atomic E-state index is 13.0. The van der Waals surface area contributed by atoms with Crippen LogP contribution in [0.4, 0.5) is 15.8 Å². The second-order valence-electron chi connectivity index (χ2n) is 6.79. The zero-order valence-corrected chi connectivity index (χ0v) is 15.9. The number of nitro benzene ring substituents is 1. The lowest BCUT2D eigenvalue weighted by molar-refractivity contribution is -0.384. The van der Waals surface area contributed by atoms with E-state index in [0.29, 0.717) is 37.2 Å². The first-order valence-electron chi connectivity index (χ1n) is 9.21. The van der Waals surface area contributed by atoms with E-state index >= 15 is 0 Å².